The van der Waals surface area contributed by atoms with Gasteiger partial charge in [-0.1, -0.05) is 24.9 Å². The van der Waals surface area contributed by atoms with Gasteiger partial charge in [0.1, 0.15) is 0 Å². The van der Waals surface area contributed by atoms with Gasteiger partial charge in [-0.3, -0.25) is 9.59 Å². The van der Waals surface area contributed by atoms with Crippen LogP contribution < -0.4 is 0 Å². The summed E-state index contributed by atoms with van der Waals surface area (Å²) in [6.45, 7) is 4.80. The molecule has 3 heterocycles. The minimum absolute atomic E-state index is 0.00165. The lowest BCUT2D eigenvalue weighted by molar-refractivity contribution is -0.154. The first kappa shape index (κ1) is 18.8. The van der Waals surface area contributed by atoms with E-state index in [1.165, 1.54) is 12.8 Å². The molecular weight excluding hydrogens is 336 g/mol. The van der Waals surface area contributed by atoms with Gasteiger partial charge in [-0.05, 0) is 12.8 Å². The molecule has 144 valence electrons. The van der Waals surface area contributed by atoms with Crippen LogP contribution in [0, 0.1) is 0 Å². The highest BCUT2D eigenvalue weighted by Crippen LogP contribution is 2.15. The van der Waals surface area contributed by atoms with Crippen molar-refractivity contribution in [1.29, 1.82) is 0 Å². The van der Waals surface area contributed by atoms with Gasteiger partial charge in [-0.25, -0.2) is 0 Å². The fraction of sp³-hybridized carbons (Fsp3) is 0.778. The highest BCUT2D eigenvalue weighted by atomic mass is 16.5. The molecule has 2 aliphatic heterocycles. The average Bonchev–Trinajstić information content (AvgIpc) is 2.97. The molecule has 0 spiro atoms. The topological polar surface area (TPSA) is 88.8 Å². The van der Waals surface area contributed by atoms with E-state index in [2.05, 4.69) is 10.1 Å². The zero-order valence-electron chi connectivity index (χ0n) is 15.5. The molecule has 1 aromatic heterocycles. The van der Waals surface area contributed by atoms with E-state index in [0.29, 0.717) is 50.7 Å². The SMILES string of the molecule is CCc1noc(CCC(=O)N2CCO[C@@H](C(=O)N3CCCCCC3)C2)n1. The van der Waals surface area contributed by atoms with E-state index in [4.69, 9.17) is 9.26 Å². The summed E-state index contributed by atoms with van der Waals surface area (Å²) in [5, 5.41) is 3.84. The maximum atomic E-state index is 12.7. The van der Waals surface area contributed by atoms with E-state index in [9.17, 15) is 9.59 Å². The Morgan fingerprint density at radius 1 is 1.12 bits per heavy atom. The molecule has 3 rings (SSSR count). The summed E-state index contributed by atoms with van der Waals surface area (Å²) in [6, 6.07) is 0. The number of aromatic nitrogens is 2. The highest BCUT2D eigenvalue weighted by Gasteiger charge is 2.32. The Morgan fingerprint density at radius 3 is 2.58 bits per heavy atom. The van der Waals surface area contributed by atoms with Crippen LogP contribution in [-0.2, 0) is 27.2 Å². The Morgan fingerprint density at radius 2 is 1.88 bits per heavy atom. The summed E-state index contributed by atoms with van der Waals surface area (Å²) >= 11 is 0. The molecule has 2 aliphatic rings. The summed E-state index contributed by atoms with van der Waals surface area (Å²) in [7, 11) is 0. The molecule has 2 saturated heterocycles. The van der Waals surface area contributed by atoms with Crippen molar-refractivity contribution in [1.82, 2.24) is 19.9 Å². The van der Waals surface area contributed by atoms with Crippen molar-refractivity contribution >= 4 is 11.8 Å². The molecule has 1 atom stereocenters. The monoisotopic (exact) mass is 364 g/mol. The highest BCUT2D eigenvalue weighted by molar-refractivity contribution is 5.83. The predicted molar refractivity (Wildman–Crippen MR) is 93.4 cm³/mol. The van der Waals surface area contributed by atoms with E-state index in [1.54, 1.807) is 4.90 Å². The van der Waals surface area contributed by atoms with E-state index in [1.807, 2.05) is 11.8 Å². The summed E-state index contributed by atoms with van der Waals surface area (Å²) in [4.78, 5) is 33.1. The molecule has 0 aliphatic carbocycles. The van der Waals surface area contributed by atoms with Gasteiger partial charge in [0.25, 0.3) is 5.91 Å². The van der Waals surface area contributed by atoms with Gasteiger partial charge in [0.15, 0.2) is 11.9 Å². The van der Waals surface area contributed by atoms with Crippen molar-refractivity contribution in [2.45, 2.75) is 58.0 Å². The molecule has 8 nitrogen and oxygen atoms in total. The smallest absolute Gasteiger partial charge is 0.253 e. The number of hydrogen-bond acceptors (Lipinski definition) is 6. The van der Waals surface area contributed by atoms with Gasteiger partial charge in [0, 0.05) is 38.9 Å². The lowest BCUT2D eigenvalue weighted by Gasteiger charge is -2.34. The number of rotatable bonds is 5. The number of morpholine rings is 1. The second-order valence-corrected chi connectivity index (χ2v) is 6.90. The normalized spacial score (nSPS) is 21.5. The van der Waals surface area contributed by atoms with Crippen molar-refractivity contribution in [2.24, 2.45) is 0 Å². The van der Waals surface area contributed by atoms with Gasteiger partial charge in [-0.2, -0.15) is 4.98 Å². The lowest BCUT2D eigenvalue weighted by atomic mass is 10.2. The number of carbonyl (C=O) groups is 2. The fourth-order valence-corrected chi connectivity index (χ4v) is 3.43. The second-order valence-electron chi connectivity index (χ2n) is 6.90. The summed E-state index contributed by atoms with van der Waals surface area (Å²) in [5.41, 5.74) is 0. The minimum atomic E-state index is -0.541. The molecule has 0 N–H and O–H groups in total. The zero-order chi connectivity index (χ0) is 18.4. The quantitative estimate of drug-likeness (QED) is 0.780. The molecule has 0 radical (unpaired) electrons. The minimum Gasteiger partial charge on any atom is -0.365 e. The van der Waals surface area contributed by atoms with Gasteiger partial charge in [-0.15, -0.1) is 0 Å². The second kappa shape index (κ2) is 9.12. The van der Waals surface area contributed by atoms with Crippen molar-refractivity contribution in [3.8, 4) is 0 Å². The van der Waals surface area contributed by atoms with Crippen LogP contribution in [0.4, 0.5) is 0 Å². The molecule has 26 heavy (non-hydrogen) atoms. The van der Waals surface area contributed by atoms with Crippen LogP contribution in [0.1, 0.15) is 50.7 Å². The van der Waals surface area contributed by atoms with Crippen molar-refractivity contribution in [3.63, 3.8) is 0 Å². The molecule has 0 bridgehead atoms. The van der Waals surface area contributed by atoms with Crippen LogP contribution >= 0.6 is 0 Å². The first-order chi connectivity index (χ1) is 12.7. The third kappa shape index (κ3) is 4.81. The first-order valence-corrected chi connectivity index (χ1v) is 9.67. The molecule has 0 unspecified atom stereocenters. The van der Waals surface area contributed by atoms with Gasteiger partial charge in [0.2, 0.25) is 11.8 Å². The van der Waals surface area contributed by atoms with Crippen LogP contribution in [0.25, 0.3) is 0 Å². The van der Waals surface area contributed by atoms with Crippen molar-refractivity contribution < 1.29 is 18.8 Å². The van der Waals surface area contributed by atoms with Crippen LogP contribution in [-0.4, -0.2) is 70.6 Å². The van der Waals surface area contributed by atoms with Crippen molar-refractivity contribution in [3.05, 3.63) is 11.7 Å². The Bertz CT molecular complexity index is 610. The molecular formula is C18H28N4O4. The van der Waals surface area contributed by atoms with E-state index < -0.39 is 6.10 Å². The zero-order valence-corrected chi connectivity index (χ0v) is 15.5. The van der Waals surface area contributed by atoms with Crippen LogP contribution in [0.2, 0.25) is 0 Å². The summed E-state index contributed by atoms with van der Waals surface area (Å²) in [6.07, 6.45) is 5.34. The first-order valence-electron chi connectivity index (χ1n) is 9.67. The van der Waals surface area contributed by atoms with Crippen LogP contribution in [0.15, 0.2) is 4.52 Å². The maximum Gasteiger partial charge on any atom is 0.253 e. The number of amides is 2. The largest absolute Gasteiger partial charge is 0.365 e. The molecule has 2 amide bonds. The summed E-state index contributed by atoms with van der Waals surface area (Å²) < 4.78 is 10.8. The summed E-state index contributed by atoms with van der Waals surface area (Å²) in [5.74, 6) is 1.16. The molecule has 0 saturated carbocycles. The Kier molecular flexibility index (Phi) is 6.60. The fourth-order valence-electron chi connectivity index (χ4n) is 3.43. The number of hydrogen-bond donors (Lipinski definition) is 0. The average molecular weight is 364 g/mol. The molecule has 2 fully saturated rings. The number of aryl methyl sites for hydroxylation is 2. The molecule has 0 aromatic carbocycles. The third-order valence-electron chi connectivity index (χ3n) is 4.99. The number of nitrogens with zero attached hydrogens (tertiary/aromatic N) is 4. The number of carbonyl (C=O) groups excluding carboxylic acids is 2. The lowest BCUT2D eigenvalue weighted by Crippen LogP contribution is -2.52. The Hall–Kier alpha value is -1.96. The van der Waals surface area contributed by atoms with Crippen LogP contribution in [0.3, 0.4) is 0 Å². The van der Waals surface area contributed by atoms with Gasteiger partial charge in [0.05, 0.1) is 13.2 Å². The Balaban J connectivity index is 1.50. The van der Waals surface area contributed by atoms with E-state index in [-0.39, 0.29) is 11.8 Å². The third-order valence-corrected chi connectivity index (χ3v) is 4.99. The van der Waals surface area contributed by atoms with Gasteiger partial charge >= 0.3 is 0 Å². The standard InChI is InChI=1S/C18H28N4O4/c1-2-15-19-16(26-20-15)7-8-17(23)22-11-12-25-14(13-22)18(24)21-9-5-3-4-6-10-21/h14H,2-13H2,1H3/t14-/m1/s1. The number of likely N-dealkylation sites (tertiary alicyclic amines) is 1. The Labute approximate surface area is 153 Å². The number of ether oxygens (including phenoxy) is 1. The van der Waals surface area contributed by atoms with Gasteiger partial charge < -0.3 is 19.1 Å². The van der Waals surface area contributed by atoms with Crippen LogP contribution in [0.5, 0.6) is 0 Å². The van der Waals surface area contributed by atoms with E-state index in [0.717, 1.165) is 25.9 Å². The maximum absolute atomic E-state index is 12.7. The predicted octanol–water partition coefficient (Wildman–Crippen LogP) is 1.19. The molecule has 1 aromatic rings. The van der Waals surface area contributed by atoms with E-state index >= 15 is 0 Å². The van der Waals surface area contributed by atoms with Crippen molar-refractivity contribution in [2.75, 3.05) is 32.8 Å². The molecule has 8 heteroatoms.